The quantitative estimate of drug-likeness (QED) is 0.699. The van der Waals surface area contributed by atoms with Crippen molar-refractivity contribution in [3.8, 4) is 11.5 Å². The largest absolute Gasteiger partial charge is 0.507 e. The second-order valence-corrected chi connectivity index (χ2v) is 4.15. The summed E-state index contributed by atoms with van der Waals surface area (Å²) in [6.07, 6.45) is 0.967. The highest BCUT2D eigenvalue weighted by atomic mass is 16.5. The van der Waals surface area contributed by atoms with E-state index in [1.807, 2.05) is 26.0 Å². The van der Waals surface area contributed by atoms with Gasteiger partial charge in [-0.1, -0.05) is 6.07 Å². The molecule has 0 aliphatic heterocycles. The topological polar surface area (TPSA) is 50.7 Å². The second kappa shape index (κ2) is 7.95. The Morgan fingerprint density at radius 1 is 1.39 bits per heavy atom. The lowest BCUT2D eigenvalue weighted by atomic mass is 10.1. The minimum atomic E-state index is 0.109. The first-order valence-corrected chi connectivity index (χ1v) is 6.37. The predicted octanol–water partition coefficient (Wildman–Crippen LogP) is 2.48. The van der Waals surface area contributed by atoms with Gasteiger partial charge in [-0.3, -0.25) is 0 Å². The van der Waals surface area contributed by atoms with Gasteiger partial charge in [0, 0.05) is 30.9 Å². The molecular formula is C14H23NO3. The van der Waals surface area contributed by atoms with Crippen molar-refractivity contribution in [1.29, 1.82) is 0 Å². The summed E-state index contributed by atoms with van der Waals surface area (Å²) in [7, 11) is 1.59. The van der Waals surface area contributed by atoms with Crippen LogP contribution in [0.5, 0.6) is 11.5 Å². The van der Waals surface area contributed by atoms with Gasteiger partial charge in [0.1, 0.15) is 11.5 Å². The zero-order valence-electron chi connectivity index (χ0n) is 11.4. The van der Waals surface area contributed by atoms with Crippen LogP contribution in [0.3, 0.4) is 0 Å². The molecule has 1 unspecified atom stereocenters. The molecule has 1 atom stereocenters. The average molecular weight is 253 g/mol. The molecule has 18 heavy (non-hydrogen) atoms. The molecule has 0 aliphatic carbocycles. The molecule has 0 aromatic heterocycles. The van der Waals surface area contributed by atoms with Crippen LogP contribution in [0.4, 0.5) is 0 Å². The molecule has 0 amide bonds. The van der Waals surface area contributed by atoms with Crippen molar-refractivity contribution in [3.63, 3.8) is 0 Å². The molecule has 0 bridgehead atoms. The van der Waals surface area contributed by atoms with Crippen molar-refractivity contribution in [2.75, 3.05) is 26.9 Å². The third kappa shape index (κ3) is 4.55. The van der Waals surface area contributed by atoms with Gasteiger partial charge >= 0.3 is 0 Å². The molecule has 4 heteroatoms. The number of hydrogen-bond acceptors (Lipinski definition) is 4. The number of hydrogen-bond donors (Lipinski definition) is 2. The highest BCUT2D eigenvalue weighted by molar-refractivity contribution is 5.41. The maximum Gasteiger partial charge on any atom is 0.124 e. The van der Waals surface area contributed by atoms with Crippen LogP contribution in [0.1, 0.15) is 31.9 Å². The van der Waals surface area contributed by atoms with Gasteiger partial charge in [-0.25, -0.2) is 0 Å². The second-order valence-electron chi connectivity index (χ2n) is 4.15. The normalized spacial score (nSPS) is 12.4. The Labute approximate surface area is 109 Å². The number of aromatic hydroxyl groups is 1. The maximum absolute atomic E-state index is 9.89. The van der Waals surface area contributed by atoms with Gasteiger partial charge in [-0.2, -0.15) is 0 Å². The third-order valence-electron chi connectivity index (χ3n) is 2.82. The van der Waals surface area contributed by atoms with E-state index in [0.29, 0.717) is 5.75 Å². The fraction of sp³-hybridized carbons (Fsp3) is 0.571. The molecule has 0 heterocycles. The number of benzene rings is 1. The average Bonchev–Trinajstić information content (AvgIpc) is 2.38. The first-order chi connectivity index (χ1) is 8.69. The summed E-state index contributed by atoms with van der Waals surface area (Å²) in [5.74, 6) is 0.930. The summed E-state index contributed by atoms with van der Waals surface area (Å²) in [6.45, 7) is 6.42. The lowest BCUT2D eigenvalue weighted by Crippen LogP contribution is -2.21. The van der Waals surface area contributed by atoms with Gasteiger partial charge in [0.25, 0.3) is 0 Å². The highest BCUT2D eigenvalue weighted by Gasteiger charge is 2.10. The fourth-order valence-corrected chi connectivity index (χ4v) is 1.76. The van der Waals surface area contributed by atoms with Crippen LogP contribution < -0.4 is 10.1 Å². The van der Waals surface area contributed by atoms with E-state index in [2.05, 4.69) is 5.32 Å². The van der Waals surface area contributed by atoms with Crippen LogP contribution in [0.15, 0.2) is 18.2 Å². The first kappa shape index (κ1) is 14.8. The van der Waals surface area contributed by atoms with E-state index in [1.54, 1.807) is 13.2 Å². The summed E-state index contributed by atoms with van der Waals surface area (Å²) in [4.78, 5) is 0. The van der Waals surface area contributed by atoms with Crippen LogP contribution in [0, 0.1) is 0 Å². The number of rotatable bonds is 8. The van der Waals surface area contributed by atoms with E-state index in [9.17, 15) is 5.11 Å². The van der Waals surface area contributed by atoms with Gasteiger partial charge in [-0.05, 0) is 32.9 Å². The van der Waals surface area contributed by atoms with Crippen molar-refractivity contribution in [3.05, 3.63) is 23.8 Å². The molecule has 102 valence electrons. The van der Waals surface area contributed by atoms with E-state index in [0.717, 1.165) is 31.7 Å². The monoisotopic (exact) mass is 253 g/mol. The molecule has 1 rings (SSSR count). The van der Waals surface area contributed by atoms with Crippen molar-refractivity contribution < 1.29 is 14.6 Å². The van der Waals surface area contributed by atoms with Crippen molar-refractivity contribution in [2.45, 2.75) is 26.3 Å². The van der Waals surface area contributed by atoms with E-state index < -0.39 is 0 Å². The smallest absolute Gasteiger partial charge is 0.124 e. The Balaban J connectivity index is 2.43. The van der Waals surface area contributed by atoms with Gasteiger partial charge in [0.15, 0.2) is 0 Å². The SMILES string of the molecule is CCOCCCNC(C)c1ccc(OC)cc1O. The Morgan fingerprint density at radius 2 is 2.17 bits per heavy atom. The Bertz CT molecular complexity index is 355. The summed E-state index contributed by atoms with van der Waals surface area (Å²) in [5.41, 5.74) is 0.882. The summed E-state index contributed by atoms with van der Waals surface area (Å²) < 4.78 is 10.3. The molecule has 0 spiro atoms. The molecule has 2 N–H and O–H groups in total. The first-order valence-electron chi connectivity index (χ1n) is 6.37. The summed E-state index contributed by atoms with van der Waals surface area (Å²) in [5, 5.41) is 13.2. The van der Waals surface area contributed by atoms with Gasteiger partial charge < -0.3 is 19.9 Å². The summed E-state index contributed by atoms with van der Waals surface area (Å²) >= 11 is 0. The minimum Gasteiger partial charge on any atom is -0.507 e. The molecule has 1 aromatic carbocycles. The van der Waals surface area contributed by atoms with Gasteiger partial charge in [0.2, 0.25) is 0 Å². The zero-order chi connectivity index (χ0) is 13.4. The van der Waals surface area contributed by atoms with Crippen LogP contribution in [0.2, 0.25) is 0 Å². The van der Waals surface area contributed by atoms with Crippen LogP contribution in [-0.4, -0.2) is 32.0 Å². The molecule has 4 nitrogen and oxygen atoms in total. The van der Waals surface area contributed by atoms with Crippen molar-refractivity contribution in [2.24, 2.45) is 0 Å². The van der Waals surface area contributed by atoms with E-state index in [4.69, 9.17) is 9.47 Å². The molecule has 1 aromatic rings. The maximum atomic E-state index is 9.89. The molecule has 0 fully saturated rings. The van der Waals surface area contributed by atoms with E-state index >= 15 is 0 Å². The highest BCUT2D eigenvalue weighted by Crippen LogP contribution is 2.28. The van der Waals surface area contributed by atoms with Crippen molar-refractivity contribution >= 4 is 0 Å². The summed E-state index contributed by atoms with van der Waals surface area (Å²) in [6, 6.07) is 5.48. The molecule has 0 radical (unpaired) electrons. The van der Waals surface area contributed by atoms with Crippen LogP contribution >= 0.6 is 0 Å². The third-order valence-corrected chi connectivity index (χ3v) is 2.82. The number of phenols is 1. The zero-order valence-corrected chi connectivity index (χ0v) is 11.4. The minimum absolute atomic E-state index is 0.109. The van der Waals surface area contributed by atoms with Crippen LogP contribution in [-0.2, 0) is 4.74 Å². The predicted molar refractivity (Wildman–Crippen MR) is 72.2 cm³/mol. The van der Waals surface area contributed by atoms with Crippen molar-refractivity contribution in [1.82, 2.24) is 5.32 Å². The molecule has 0 saturated carbocycles. The van der Waals surface area contributed by atoms with Crippen LogP contribution in [0.25, 0.3) is 0 Å². The number of ether oxygens (including phenoxy) is 2. The Hall–Kier alpha value is -1.26. The number of phenolic OH excluding ortho intramolecular Hbond substituents is 1. The van der Waals surface area contributed by atoms with Gasteiger partial charge in [-0.15, -0.1) is 0 Å². The number of nitrogens with one attached hydrogen (secondary N) is 1. The molecular weight excluding hydrogens is 230 g/mol. The Morgan fingerprint density at radius 3 is 2.78 bits per heavy atom. The Kier molecular flexibility index (Phi) is 6.54. The lowest BCUT2D eigenvalue weighted by molar-refractivity contribution is 0.144. The lowest BCUT2D eigenvalue weighted by Gasteiger charge is -2.16. The van der Waals surface area contributed by atoms with Gasteiger partial charge in [0.05, 0.1) is 7.11 Å². The fourth-order valence-electron chi connectivity index (χ4n) is 1.76. The molecule has 0 aliphatic rings. The molecule has 0 saturated heterocycles. The standard InChI is InChI=1S/C14H23NO3/c1-4-18-9-5-8-15-11(2)13-7-6-12(17-3)10-14(13)16/h6-7,10-11,15-16H,4-5,8-9H2,1-3H3. The van der Waals surface area contributed by atoms with E-state index in [1.165, 1.54) is 0 Å². The van der Waals surface area contributed by atoms with E-state index in [-0.39, 0.29) is 11.8 Å². The number of methoxy groups -OCH3 is 1.